The van der Waals surface area contributed by atoms with E-state index in [1.807, 2.05) is 12.1 Å². The van der Waals surface area contributed by atoms with Crippen LogP contribution in [0, 0.1) is 0 Å². The first kappa shape index (κ1) is 12.5. The molecule has 1 aliphatic heterocycles. The molecule has 1 saturated heterocycles. The second-order valence-electron chi connectivity index (χ2n) is 4.21. The van der Waals surface area contributed by atoms with Gasteiger partial charge < -0.3 is 5.32 Å². The first-order valence-corrected chi connectivity index (χ1v) is 7.16. The molecule has 1 aromatic carbocycles. The van der Waals surface area contributed by atoms with Gasteiger partial charge in [-0.1, -0.05) is 25.5 Å². The van der Waals surface area contributed by atoms with E-state index in [2.05, 4.69) is 29.7 Å². The minimum atomic E-state index is -0.0460. The molecule has 92 valence electrons. The highest BCUT2D eigenvalue weighted by atomic mass is 32.2. The van der Waals surface area contributed by atoms with Crippen LogP contribution in [-0.2, 0) is 11.2 Å². The number of carbonyl (C=O) groups excluding carboxylic acids is 1. The van der Waals surface area contributed by atoms with Crippen molar-refractivity contribution in [1.82, 2.24) is 5.32 Å². The molecule has 1 unspecified atom stereocenters. The summed E-state index contributed by atoms with van der Waals surface area (Å²) in [6.45, 7) is 2.17. The largest absolute Gasteiger partial charge is 0.325 e. The Hall–Kier alpha value is -1.00. The number of hydrogen-bond acceptors (Lipinski definition) is 3. The summed E-state index contributed by atoms with van der Waals surface area (Å²) in [5.74, 6) is 1.80. The molecule has 0 aliphatic carbocycles. The molecular formula is C13H18N2OS. The minimum Gasteiger partial charge on any atom is -0.325 e. The van der Waals surface area contributed by atoms with Crippen LogP contribution in [0.3, 0.4) is 0 Å². The summed E-state index contributed by atoms with van der Waals surface area (Å²) in [5.41, 5.74) is 2.20. The van der Waals surface area contributed by atoms with E-state index in [-0.39, 0.29) is 11.9 Å². The van der Waals surface area contributed by atoms with Crippen LogP contribution in [0.15, 0.2) is 24.3 Å². The van der Waals surface area contributed by atoms with Gasteiger partial charge in [0.1, 0.15) is 0 Å². The number of aryl methyl sites for hydroxylation is 1. The summed E-state index contributed by atoms with van der Waals surface area (Å²) >= 11 is 1.76. The lowest BCUT2D eigenvalue weighted by Crippen LogP contribution is -2.37. The average molecular weight is 250 g/mol. The van der Waals surface area contributed by atoms with Crippen molar-refractivity contribution < 1.29 is 4.79 Å². The van der Waals surface area contributed by atoms with Crippen molar-refractivity contribution in [2.24, 2.45) is 0 Å². The lowest BCUT2D eigenvalue weighted by atomic mass is 10.1. The first-order chi connectivity index (χ1) is 8.29. The normalized spacial score (nSPS) is 19.2. The van der Waals surface area contributed by atoms with E-state index in [0.717, 1.165) is 30.2 Å². The Balaban J connectivity index is 1.91. The zero-order valence-corrected chi connectivity index (χ0v) is 10.8. The third-order valence-electron chi connectivity index (χ3n) is 2.79. The van der Waals surface area contributed by atoms with E-state index < -0.39 is 0 Å². The molecule has 2 N–H and O–H groups in total. The number of rotatable bonds is 4. The van der Waals surface area contributed by atoms with Crippen LogP contribution >= 0.6 is 11.8 Å². The van der Waals surface area contributed by atoms with Gasteiger partial charge in [0.15, 0.2) is 0 Å². The van der Waals surface area contributed by atoms with Crippen molar-refractivity contribution in [3.8, 4) is 0 Å². The molecule has 17 heavy (non-hydrogen) atoms. The molecule has 0 bridgehead atoms. The number of carbonyl (C=O) groups is 1. The second kappa shape index (κ2) is 6.07. The maximum atomic E-state index is 11.8. The van der Waals surface area contributed by atoms with E-state index in [4.69, 9.17) is 0 Å². The maximum absolute atomic E-state index is 11.8. The highest BCUT2D eigenvalue weighted by molar-refractivity contribution is 7.99. The number of benzene rings is 1. The Bertz CT molecular complexity index is 372. The number of hydrogen-bond donors (Lipinski definition) is 2. The van der Waals surface area contributed by atoms with Crippen molar-refractivity contribution in [3.05, 3.63) is 29.8 Å². The molecule has 2 rings (SSSR count). The van der Waals surface area contributed by atoms with Gasteiger partial charge >= 0.3 is 0 Å². The fourth-order valence-electron chi connectivity index (χ4n) is 1.84. The van der Waals surface area contributed by atoms with Gasteiger partial charge in [0, 0.05) is 17.3 Å². The zero-order valence-electron chi connectivity index (χ0n) is 10.0. The number of amides is 1. The smallest absolute Gasteiger partial charge is 0.242 e. The van der Waals surface area contributed by atoms with Gasteiger partial charge in [-0.15, -0.1) is 11.8 Å². The van der Waals surface area contributed by atoms with Crippen LogP contribution in [0.5, 0.6) is 0 Å². The van der Waals surface area contributed by atoms with Crippen LogP contribution in [0.2, 0.25) is 0 Å². The van der Waals surface area contributed by atoms with Gasteiger partial charge in [-0.05, 0) is 24.1 Å². The summed E-state index contributed by atoms with van der Waals surface area (Å²) in [5, 5.41) is 6.10. The molecule has 0 aromatic heterocycles. The fraction of sp³-hybridized carbons (Fsp3) is 0.462. The van der Waals surface area contributed by atoms with Crippen LogP contribution in [0.1, 0.15) is 18.9 Å². The summed E-state index contributed by atoms with van der Waals surface area (Å²) in [4.78, 5) is 11.8. The van der Waals surface area contributed by atoms with E-state index in [0.29, 0.717) is 0 Å². The van der Waals surface area contributed by atoms with Gasteiger partial charge in [-0.25, -0.2) is 0 Å². The molecule has 0 radical (unpaired) electrons. The Kier molecular flexibility index (Phi) is 4.45. The van der Waals surface area contributed by atoms with Crippen molar-refractivity contribution in [3.63, 3.8) is 0 Å². The van der Waals surface area contributed by atoms with E-state index in [1.165, 1.54) is 5.56 Å². The number of anilines is 1. The molecule has 4 heteroatoms. The van der Waals surface area contributed by atoms with Crippen molar-refractivity contribution in [2.45, 2.75) is 25.8 Å². The Labute approximate surface area is 106 Å². The van der Waals surface area contributed by atoms with E-state index in [1.54, 1.807) is 11.8 Å². The van der Waals surface area contributed by atoms with Gasteiger partial charge in [0.05, 0.1) is 6.04 Å². The lowest BCUT2D eigenvalue weighted by molar-refractivity contribution is -0.117. The first-order valence-electron chi connectivity index (χ1n) is 6.00. The summed E-state index contributed by atoms with van der Waals surface area (Å²) < 4.78 is 0. The summed E-state index contributed by atoms with van der Waals surface area (Å²) in [6, 6.07) is 8.07. The quantitative estimate of drug-likeness (QED) is 0.861. The third kappa shape index (κ3) is 3.48. The monoisotopic (exact) mass is 250 g/mol. The minimum absolute atomic E-state index is 0.0460. The maximum Gasteiger partial charge on any atom is 0.242 e. The summed E-state index contributed by atoms with van der Waals surface area (Å²) in [7, 11) is 0. The van der Waals surface area contributed by atoms with E-state index >= 15 is 0 Å². The van der Waals surface area contributed by atoms with Crippen molar-refractivity contribution in [2.75, 3.05) is 16.9 Å². The SMILES string of the molecule is CCCc1ccc(NC(=O)C2CSCN2)cc1. The zero-order chi connectivity index (χ0) is 12.1. The van der Waals surface area contributed by atoms with Gasteiger partial charge in [0.25, 0.3) is 0 Å². The van der Waals surface area contributed by atoms with Crippen LogP contribution < -0.4 is 10.6 Å². The molecule has 3 nitrogen and oxygen atoms in total. The second-order valence-corrected chi connectivity index (χ2v) is 5.24. The van der Waals surface area contributed by atoms with Crippen LogP contribution in [0.25, 0.3) is 0 Å². The molecule has 1 amide bonds. The predicted octanol–water partition coefficient (Wildman–Crippen LogP) is 2.24. The Morgan fingerprint density at radius 3 is 2.82 bits per heavy atom. The van der Waals surface area contributed by atoms with Gasteiger partial charge in [0.2, 0.25) is 5.91 Å². The van der Waals surface area contributed by atoms with Crippen molar-refractivity contribution in [1.29, 1.82) is 0 Å². The van der Waals surface area contributed by atoms with Gasteiger partial charge in [-0.3, -0.25) is 10.1 Å². The third-order valence-corrected chi connectivity index (χ3v) is 3.73. The standard InChI is InChI=1S/C13H18N2OS/c1-2-3-10-4-6-11(7-5-10)15-13(16)12-8-17-9-14-12/h4-7,12,14H,2-3,8-9H2,1H3,(H,15,16). The van der Waals surface area contributed by atoms with E-state index in [9.17, 15) is 4.79 Å². The van der Waals surface area contributed by atoms with Crippen molar-refractivity contribution >= 4 is 23.4 Å². The Morgan fingerprint density at radius 1 is 1.47 bits per heavy atom. The van der Waals surface area contributed by atoms with Crippen LogP contribution in [-0.4, -0.2) is 23.6 Å². The molecule has 0 saturated carbocycles. The molecule has 1 fully saturated rings. The molecule has 0 spiro atoms. The highest BCUT2D eigenvalue weighted by Crippen LogP contribution is 2.14. The molecule has 1 atom stereocenters. The molecular weight excluding hydrogens is 232 g/mol. The topological polar surface area (TPSA) is 41.1 Å². The predicted molar refractivity (Wildman–Crippen MR) is 73.3 cm³/mol. The molecule has 1 heterocycles. The molecule has 1 aromatic rings. The average Bonchev–Trinajstić information content (AvgIpc) is 2.86. The molecule has 1 aliphatic rings. The number of nitrogens with one attached hydrogen (secondary N) is 2. The fourth-order valence-corrected chi connectivity index (χ4v) is 2.78. The lowest BCUT2D eigenvalue weighted by Gasteiger charge is -2.10. The van der Waals surface area contributed by atoms with Crippen LogP contribution in [0.4, 0.5) is 5.69 Å². The summed E-state index contributed by atoms with van der Waals surface area (Å²) in [6.07, 6.45) is 2.24. The highest BCUT2D eigenvalue weighted by Gasteiger charge is 2.22. The Morgan fingerprint density at radius 2 is 2.24 bits per heavy atom. The van der Waals surface area contributed by atoms with Gasteiger partial charge in [-0.2, -0.15) is 0 Å². The number of thioether (sulfide) groups is 1.